The molecule has 6 nitrogen and oxygen atoms in total. The number of ether oxygens (including phenoxy) is 5. The van der Waals surface area contributed by atoms with E-state index in [1.54, 1.807) is 41.7 Å². The molecule has 0 aliphatic heterocycles. The van der Waals surface area contributed by atoms with Gasteiger partial charge in [-0.2, -0.15) is 0 Å². The molecule has 0 amide bonds. The number of nitrogens with zero attached hydrogens (tertiary/aromatic N) is 1. The Balaban J connectivity index is 2.12. The molecule has 6 heteroatoms. The van der Waals surface area contributed by atoms with Crippen LogP contribution in [0.3, 0.4) is 0 Å². The van der Waals surface area contributed by atoms with Gasteiger partial charge in [-0.05, 0) is 29.7 Å². The summed E-state index contributed by atoms with van der Waals surface area (Å²) in [4.78, 5) is 4.58. The summed E-state index contributed by atoms with van der Waals surface area (Å²) in [6.07, 6.45) is 2.35. The third-order valence-electron chi connectivity index (χ3n) is 4.49. The Kier molecular flexibility index (Phi) is 5.54. The number of pyridine rings is 1. The first-order chi connectivity index (χ1) is 13.2. The van der Waals surface area contributed by atoms with Crippen LogP contribution < -0.4 is 23.7 Å². The number of rotatable bonds is 7. The Morgan fingerprint density at radius 1 is 0.704 bits per heavy atom. The average Bonchev–Trinajstić information content (AvgIpc) is 2.72. The van der Waals surface area contributed by atoms with Crippen molar-refractivity contribution >= 4 is 10.8 Å². The van der Waals surface area contributed by atoms with E-state index in [-0.39, 0.29) is 0 Å². The number of aromatic nitrogens is 1. The van der Waals surface area contributed by atoms with Crippen LogP contribution in [0.5, 0.6) is 28.7 Å². The predicted molar refractivity (Wildman–Crippen MR) is 104 cm³/mol. The first-order valence-electron chi connectivity index (χ1n) is 8.44. The summed E-state index contributed by atoms with van der Waals surface area (Å²) < 4.78 is 27.3. The Morgan fingerprint density at radius 3 is 2.00 bits per heavy atom. The second-order valence-corrected chi connectivity index (χ2v) is 5.86. The zero-order valence-corrected chi connectivity index (χ0v) is 16.2. The summed E-state index contributed by atoms with van der Waals surface area (Å²) in [5.41, 5.74) is 1.85. The number of fused-ring (bicyclic) bond motifs is 1. The minimum Gasteiger partial charge on any atom is -0.493 e. The molecule has 0 N–H and O–H groups in total. The van der Waals surface area contributed by atoms with Gasteiger partial charge >= 0.3 is 0 Å². The summed E-state index contributed by atoms with van der Waals surface area (Å²) in [5, 5.41) is 2.02. The molecule has 2 aromatic carbocycles. The summed E-state index contributed by atoms with van der Waals surface area (Å²) >= 11 is 0. The van der Waals surface area contributed by atoms with Crippen LogP contribution in [0.4, 0.5) is 0 Å². The van der Waals surface area contributed by atoms with Gasteiger partial charge in [-0.15, -0.1) is 0 Å². The fraction of sp³-hybridized carbons (Fsp3) is 0.286. The molecule has 0 spiro atoms. The van der Waals surface area contributed by atoms with Crippen molar-refractivity contribution in [3.8, 4) is 28.7 Å². The second kappa shape index (κ2) is 8.03. The maximum Gasteiger partial charge on any atom is 0.203 e. The molecular formula is C21H23NO5. The van der Waals surface area contributed by atoms with Gasteiger partial charge in [-0.3, -0.25) is 4.98 Å². The van der Waals surface area contributed by atoms with Gasteiger partial charge in [-0.1, -0.05) is 6.07 Å². The van der Waals surface area contributed by atoms with E-state index in [2.05, 4.69) is 4.98 Å². The topological polar surface area (TPSA) is 59.0 Å². The Morgan fingerprint density at radius 2 is 1.37 bits per heavy atom. The van der Waals surface area contributed by atoms with Crippen molar-refractivity contribution in [2.45, 2.75) is 6.42 Å². The lowest BCUT2D eigenvalue weighted by Crippen LogP contribution is -2.01. The zero-order chi connectivity index (χ0) is 19.4. The Hall–Kier alpha value is -3.15. The van der Waals surface area contributed by atoms with Crippen LogP contribution in [0.15, 0.2) is 36.5 Å². The van der Waals surface area contributed by atoms with E-state index < -0.39 is 0 Å². The highest BCUT2D eigenvalue weighted by Crippen LogP contribution is 2.41. The number of methoxy groups -OCH3 is 5. The lowest BCUT2D eigenvalue weighted by Gasteiger charge is -2.16. The average molecular weight is 369 g/mol. The maximum atomic E-state index is 5.60. The van der Waals surface area contributed by atoms with E-state index in [0.717, 1.165) is 22.0 Å². The SMILES string of the molecule is COc1cc2ccnc(Cc3ccc(OC)c(OC)c3OC)c2cc1OC. The van der Waals surface area contributed by atoms with Crippen molar-refractivity contribution in [3.63, 3.8) is 0 Å². The molecule has 27 heavy (non-hydrogen) atoms. The van der Waals surface area contributed by atoms with Gasteiger partial charge in [0.15, 0.2) is 23.0 Å². The lowest BCUT2D eigenvalue weighted by molar-refractivity contribution is 0.322. The van der Waals surface area contributed by atoms with E-state index in [1.807, 2.05) is 30.3 Å². The van der Waals surface area contributed by atoms with E-state index in [0.29, 0.717) is 35.2 Å². The van der Waals surface area contributed by atoms with Crippen molar-refractivity contribution in [3.05, 3.63) is 47.8 Å². The van der Waals surface area contributed by atoms with Crippen LogP contribution in [0, 0.1) is 0 Å². The number of hydrogen-bond donors (Lipinski definition) is 0. The highest BCUT2D eigenvalue weighted by molar-refractivity contribution is 5.88. The van der Waals surface area contributed by atoms with Gasteiger partial charge in [0.25, 0.3) is 0 Å². The Bertz CT molecular complexity index is 955. The van der Waals surface area contributed by atoms with E-state index in [4.69, 9.17) is 23.7 Å². The first kappa shape index (κ1) is 18.6. The fourth-order valence-electron chi connectivity index (χ4n) is 3.18. The molecule has 1 heterocycles. The standard InChI is InChI=1S/C21H23NO5/c1-23-17-7-6-14(20(26-4)21(17)27-5)10-16-15-12-19(25-3)18(24-2)11-13(15)8-9-22-16/h6-9,11-12H,10H2,1-5H3. The van der Waals surface area contributed by atoms with Crippen LogP contribution in [0.25, 0.3) is 10.8 Å². The van der Waals surface area contributed by atoms with Gasteiger partial charge < -0.3 is 23.7 Å². The normalized spacial score (nSPS) is 10.6. The molecule has 0 aliphatic rings. The smallest absolute Gasteiger partial charge is 0.203 e. The quantitative estimate of drug-likeness (QED) is 0.630. The first-order valence-corrected chi connectivity index (χ1v) is 8.44. The van der Waals surface area contributed by atoms with Gasteiger partial charge in [-0.25, -0.2) is 0 Å². The molecule has 142 valence electrons. The van der Waals surface area contributed by atoms with Crippen molar-refractivity contribution in [2.75, 3.05) is 35.5 Å². The Labute approximate surface area is 158 Å². The highest BCUT2D eigenvalue weighted by atomic mass is 16.5. The van der Waals surface area contributed by atoms with Gasteiger partial charge in [0.1, 0.15) is 0 Å². The summed E-state index contributed by atoms with van der Waals surface area (Å²) in [6.45, 7) is 0. The molecule has 1 aromatic heterocycles. The number of hydrogen-bond acceptors (Lipinski definition) is 6. The number of benzene rings is 2. The van der Waals surface area contributed by atoms with E-state index >= 15 is 0 Å². The molecule has 0 atom stereocenters. The molecular weight excluding hydrogens is 346 g/mol. The van der Waals surface area contributed by atoms with E-state index in [1.165, 1.54) is 0 Å². The summed E-state index contributed by atoms with van der Waals surface area (Å²) in [5.74, 6) is 3.17. The molecule has 0 unspecified atom stereocenters. The van der Waals surface area contributed by atoms with Crippen molar-refractivity contribution < 1.29 is 23.7 Å². The predicted octanol–water partition coefficient (Wildman–Crippen LogP) is 3.87. The minimum atomic E-state index is 0.566. The maximum absolute atomic E-state index is 5.60. The van der Waals surface area contributed by atoms with Crippen LogP contribution >= 0.6 is 0 Å². The van der Waals surface area contributed by atoms with E-state index in [9.17, 15) is 0 Å². The lowest BCUT2D eigenvalue weighted by atomic mass is 10.0. The monoisotopic (exact) mass is 369 g/mol. The summed E-state index contributed by atoms with van der Waals surface area (Å²) in [6, 6.07) is 9.68. The van der Waals surface area contributed by atoms with Crippen LogP contribution in [-0.4, -0.2) is 40.5 Å². The van der Waals surface area contributed by atoms with Crippen LogP contribution in [-0.2, 0) is 6.42 Å². The molecule has 0 saturated heterocycles. The van der Waals surface area contributed by atoms with Crippen LogP contribution in [0.2, 0.25) is 0 Å². The highest BCUT2D eigenvalue weighted by Gasteiger charge is 2.18. The third-order valence-corrected chi connectivity index (χ3v) is 4.49. The van der Waals surface area contributed by atoms with Gasteiger partial charge in [0.2, 0.25) is 5.75 Å². The largest absolute Gasteiger partial charge is 0.493 e. The molecule has 0 bridgehead atoms. The molecule has 0 aliphatic carbocycles. The van der Waals surface area contributed by atoms with Crippen molar-refractivity contribution in [1.82, 2.24) is 4.98 Å². The minimum absolute atomic E-state index is 0.566. The molecule has 3 rings (SSSR count). The second-order valence-electron chi connectivity index (χ2n) is 5.86. The van der Waals surface area contributed by atoms with Crippen LogP contribution in [0.1, 0.15) is 11.3 Å². The van der Waals surface area contributed by atoms with Crippen molar-refractivity contribution in [2.24, 2.45) is 0 Å². The zero-order valence-electron chi connectivity index (χ0n) is 16.2. The molecule has 3 aromatic rings. The molecule has 0 fully saturated rings. The van der Waals surface area contributed by atoms with Gasteiger partial charge in [0.05, 0.1) is 41.2 Å². The third kappa shape index (κ3) is 3.43. The van der Waals surface area contributed by atoms with Crippen molar-refractivity contribution in [1.29, 1.82) is 0 Å². The summed E-state index contributed by atoms with van der Waals surface area (Å²) in [7, 11) is 8.06. The fourth-order valence-corrected chi connectivity index (χ4v) is 3.18. The molecule has 0 radical (unpaired) electrons. The van der Waals surface area contributed by atoms with Gasteiger partial charge in [0, 0.05) is 23.6 Å². The molecule has 0 saturated carbocycles.